The molecule has 0 unspecified atom stereocenters. The highest BCUT2D eigenvalue weighted by molar-refractivity contribution is 5.91. The highest BCUT2D eigenvalue weighted by Crippen LogP contribution is 2.07. The van der Waals surface area contributed by atoms with Crippen LogP contribution in [0.5, 0.6) is 0 Å². The molecule has 0 aliphatic heterocycles. The number of likely N-dealkylation sites (N-methyl/N-ethyl adjacent to an activating group) is 1. The molecule has 0 radical (unpaired) electrons. The fourth-order valence-electron chi connectivity index (χ4n) is 1.38. The predicted molar refractivity (Wildman–Crippen MR) is 62.9 cm³/mol. The monoisotopic (exact) mass is 215 g/mol. The molecule has 2 rings (SSSR count). The van der Waals surface area contributed by atoms with Crippen molar-refractivity contribution < 1.29 is 4.79 Å². The van der Waals surface area contributed by atoms with Gasteiger partial charge in [0.15, 0.2) is 0 Å². The third-order valence-electron chi connectivity index (χ3n) is 2.28. The Morgan fingerprint density at radius 1 is 1.44 bits per heavy atom. The molecule has 1 amide bonds. The number of rotatable bonds is 2. The maximum Gasteiger partial charge on any atom is 0.246 e. The van der Waals surface area contributed by atoms with Gasteiger partial charge in [-0.2, -0.15) is 0 Å². The zero-order valence-electron chi connectivity index (χ0n) is 9.29. The van der Waals surface area contributed by atoms with E-state index in [4.69, 9.17) is 0 Å². The molecule has 0 aromatic carbocycles. The first-order chi connectivity index (χ1) is 7.68. The van der Waals surface area contributed by atoms with E-state index in [1.807, 2.05) is 28.8 Å². The Balaban J connectivity index is 2.31. The maximum absolute atomic E-state index is 11.4. The average Bonchev–Trinajstić information content (AvgIpc) is 2.69. The van der Waals surface area contributed by atoms with Crippen molar-refractivity contribution >= 4 is 17.6 Å². The molecule has 0 atom stereocenters. The van der Waals surface area contributed by atoms with E-state index in [2.05, 4.69) is 4.98 Å². The molecule has 0 fully saturated rings. The van der Waals surface area contributed by atoms with Gasteiger partial charge in [0.1, 0.15) is 5.65 Å². The van der Waals surface area contributed by atoms with Gasteiger partial charge >= 0.3 is 0 Å². The fourth-order valence-corrected chi connectivity index (χ4v) is 1.38. The van der Waals surface area contributed by atoms with Crippen LogP contribution in [-0.2, 0) is 4.79 Å². The topological polar surface area (TPSA) is 37.6 Å². The first-order valence-electron chi connectivity index (χ1n) is 5.00. The van der Waals surface area contributed by atoms with E-state index in [9.17, 15) is 4.79 Å². The Labute approximate surface area is 93.8 Å². The molecule has 16 heavy (non-hydrogen) atoms. The molecule has 2 aromatic heterocycles. The van der Waals surface area contributed by atoms with Crippen LogP contribution in [0.15, 0.2) is 36.7 Å². The largest absolute Gasteiger partial charge is 0.345 e. The smallest absolute Gasteiger partial charge is 0.246 e. The van der Waals surface area contributed by atoms with Gasteiger partial charge in [-0.25, -0.2) is 4.98 Å². The summed E-state index contributed by atoms with van der Waals surface area (Å²) in [4.78, 5) is 17.1. The number of fused-ring (bicyclic) bond motifs is 1. The van der Waals surface area contributed by atoms with Crippen LogP contribution in [0.3, 0.4) is 0 Å². The summed E-state index contributed by atoms with van der Waals surface area (Å²) in [7, 11) is 3.45. The summed E-state index contributed by atoms with van der Waals surface area (Å²) in [6, 6.07) is 5.78. The molecule has 4 heteroatoms. The maximum atomic E-state index is 11.4. The van der Waals surface area contributed by atoms with E-state index in [-0.39, 0.29) is 5.91 Å². The molecule has 82 valence electrons. The lowest BCUT2D eigenvalue weighted by Gasteiger charge is -2.04. The zero-order valence-corrected chi connectivity index (χ0v) is 9.29. The predicted octanol–water partition coefficient (Wildman–Crippen LogP) is 1.44. The molecule has 2 heterocycles. The number of amides is 1. The molecule has 0 aliphatic rings. The summed E-state index contributed by atoms with van der Waals surface area (Å²) < 4.78 is 1.93. The van der Waals surface area contributed by atoms with Crippen LogP contribution >= 0.6 is 0 Å². The second kappa shape index (κ2) is 4.18. The van der Waals surface area contributed by atoms with E-state index in [0.29, 0.717) is 0 Å². The number of pyridine rings is 1. The van der Waals surface area contributed by atoms with E-state index in [0.717, 1.165) is 11.3 Å². The minimum atomic E-state index is -0.0362. The summed E-state index contributed by atoms with van der Waals surface area (Å²) in [5.41, 5.74) is 1.77. The van der Waals surface area contributed by atoms with Crippen molar-refractivity contribution in [2.24, 2.45) is 0 Å². The fraction of sp³-hybridized carbons (Fsp3) is 0.167. The van der Waals surface area contributed by atoms with Gasteiger partial charge in [-0.1, -0.05) is 6.07 Å². The molecule has 0 bridgehead atoms. The van der Waals surface area contributed by atoms with Gasteiger partial charge < -0.3 is 9.30 Å². The standard InChI is InChI=1S/C12H13N3O/c1-14(2)12(16)7-6-10-9-13-11-5-3-4-8-15(10)11/h3-9H,1-2H3/b7-6+. The Morgan fingerprint density at radius 2 is 2.25 bits per heavy atom. The Kier molecular flexibility index (Phi) is 2.72. The van der Waals surface area contributed by atoms with Gasteiger partial charge in [-0.3, -0.25) is 4.79 Å². The van der Waals surface area contributed by atoms with Crippen molar-refractivity contribution in [2.45, 2.75) is 0 Å². The highest BCUT2D eigenvalue weighted by Gasteiger charge is 2.00. The SMILES string of the molecule is CN(C)C(=O)/C=C/c1cnc2ccccn12. The molecule has 0 aliphatic carbocycles. The lowest BCUT2D eigenvalue weighted by molar-refractivity contribution is -0.123. The van der Waals surface area contributed by atoms with Crippen LogP contribution in [0.1, 0.15) is 5.69 Å². The lowest BCUT2D eigenvalue weighted by atomic mass is 10.3. The van der Waals surface area contributed by atoms with Crippen molar-refractivity contribution in [2.75, 3.05) is 14.1 Å². The Hall–Kier alpha value is -2.10. The lowest BCUT2D eigenvalue weighted by Crippen LogP contribution is -2.18. The number of hydrogen-bond donors (Lipinski definition) is 0. The normalized spacial score (nSPS) is 11.1. The third-order valence-corrected chi connectivity index (χ3v) is 2.28. The first kappa shape index (κ1) is 10.4. The molecule has 0 spiro atoms. The van der Waals surface area contributed by atoms with Crippen molar-refractivity contribution in [3.05, 3.63) is 42.4 Å². The van der Waals surface area contributed by atoms with Gasteiger partial charge in [-0.05, 0) is 18.2 Å². The van der Waals surface area contributed by atoms with Crippen molar-refractivity contribution in [1.29, 1.82) is 0 Å². The second-order valence-electron chi connectivity index (χ2n) is 3.68. The van der Waals surface area contributed by atoms with Crippen molar-refractivity contribution in [3.63, 3.8) is 0 Å². The summed E-state index contributed by atoms with van der Waals surface area (Å²) in [6.45, 7) is 0. The van der Waals surface area contributed by atoms with Gasteiger partial charge in [0, 0.05) is 26.4 Å². The van der Waals surface area contributed by atoms with Crippen LogP contribution in [-0.4, -0.2) is 34.3 Å². The van der Waals surface area contributed by atoms with Crippen LogP contribution in [0.25, 0.3) is 11.7 Å². The second-order valence-corrected chi connectivity index (χ2v) is 3.68. The number of imidazole rings is 1. The van der Waals surface area contributed by atoms with Crippen LogP contribution < -0.4 is 0 Å². The summed E-state index contributed by atoms with van der Waals surface area (Å²) >= 11 is 0. The van der Waals surface area contributed by atoms with Gasteiger partial charge in [0.2, 0.25) is 5.91 Å². The summed E-state index contributed by atoms with van der Waals surface area (Å²) in [5, 5.41) is 0. The number of carbonyl (C=O) groups excluding carboxylic acids is 1. The minimum absolute atomic E-state index is 0.0362. The quantitative estimate of drug-likeness (QED) is 0.711. The van der Waals surface area contributed by atoms with Crippen molar-refractivity contribution in [1.82, 2.24) is 14.3 Å². The molecule has 0 N–H and O–H groups in total. The Bertz CT molecular complexity index is 540. The molecular formula is C12H13N3O. The van der Waals surface area contributed by atoms with Gasteiger partial charge in [-0.15, -0.1) is 0 Å². The number of carbonyl (C=O) groups is 1. The van der Waals surface area contributed by atoms with Crippen molar-refractivity contribution in [3.8, 4) is 0 Å². The zero-order chi connectivity index (χ0) is 11.5. The summed E-state index contributed by atoms with van der Waals surface area (Å²) in [6.07, 6.45) is 6.97. The number of aromatic nitrogens is 2. The average molecular weight is 215 g/mol. The number of nitrogens with zero attached hydrogens (tertiary/aromatic N) is 3. The highest BCUT2D eigenvalue weighted by atomic mass is 16.2. The first-order valence-corrected chi connectivity index (χ1v) is 5.00. The van der Waals surface area contributed by atoms with Crippen LogP contribution in [0.2, 0.25) is 0 Å². The third kappa shape index (κ3) is 1.95. The van der Waals surface area contributed by atoms with Crippen LogP contribution in [0, 0.1) is 0 Å². The van der Waals surface area contributed by atoms with E-state index >= 15 is 0 Å². The van der Waals surface area contributed by atoms with E-state index in [1.165, 1.54) is 11.0 Å². The summed E-state index contributed by atoms with van der Waals surface area (Å²) in [5.74, 6) is -0.0362. The molecule has 2 aromatic rings. The van der Waals surface area contributed by atoms with Gasteiger partial charge in [0.25, 0.3) is 0 Å². The van der Waals surface area contributed by atoms with E-state index in [1.54, 1.807) is 26.4 Å². The molecule has 0 saturated carbocycles. The molecule has 4 nitrogen and oxygen atoms in total. The molecular weight excluding hydrogens is 202 g/mol. The Morgan fingerprint density at radius 3 is 3.00 bits per heavy atom. The van der Waals surface area contributed by atoms with Crippen LogP contribution in [0.4, 0.5) is 0 Å². The number of hydrogen-bond acceptors (Lipinski definition) is 2. The van der Waals surface area contributed by atoms with Gasteiger partial charge in [0.05, 0.1) is 11.9 Å². The van der Waals surface area contributed by atoms with E-state index < -0.39 is 0 Å². The minimum Gasteiger partial charge on any atom is -0.345 e. The molecule has 0 saturated heterocycles.